The number of esters is 1. The zero-order chi connectivity index (χ0) is 26.7. The van der Waals surface area contributed by atoms with Crippen LogP contribution in [0.5, 0.6) is 0 Å². The van der Waals surface area contributed by atoms with Gasteiger partial charge in [-0.05, 0) is 28.3 Å². The molecule has 1 N–H and O–H groups in total. The van der Waals surface area contributed by atoms with E-state index in [1.54, 1.807) is 0 Å². The highest BCUT2D eigenvalue weighted by molar-refractivity contribution is 6.15. The number of carbonyl (C=O) groups is 1. The van der Waals surface area contributed by atoms with Gasteiger partial charge in [0.15, 0.2) is 0 Å². The molecule has 0 unspecified atom stereocenters. The topological polar surface area (TPSA) is 51.3 Å². The van der Waals surface area contributed by atoms with E-state index >= 15 is 0 Å². The molecule has 0 atom stereocenters. The number of benzene rings is 4. The van der Waals surface area contributed by atoms with Crippen molar-refractivity contribution in [3.05, 3.63) is 119 Å². The minimum Gasteiger partial charge on any atom is -0.457 e. The molecule has 192 valence electrons. The van der Waals surface area contributed by atoms with E-state index < -0.39 is 0 Å². The van der Waals surface area contributed by atoms with Crippen molar-refractivity contribution in [3.63, 3.8) is 0 Å². The summed E-state index contributed by atoms with van der Waals surface area (Å²) in [6, 6.07) is 32.3. The fourth-order valence-electron chi connectivity index (χ4n) is 5.11. The maximum atomic E-state index is 14.2. The standard InChI is InChI=1S/C33H33NO3Si/c1-33(2,3)31-26(21-37-38)29-27(34-31)19-25(23-15-9-5-10-16-23)28(24-17-11-6-12-18-24)30(29)32(35)36-20-22-13-7-4-8-14-22/h4-19,34H,20-21H2,1-3,38H3. The number of hydrogen-bond donors (Lipinski definition) is 1. The molecule has 1 heterocycles. The van der Waals surface area contributed by atoms with Crippen molar-refractivity contribution in [1.82, 2.24) is 4.98 Å². The van der Waals surface area contributed by atoms with Gasteiger partial charge in [-0.15, -0.1) is 0 Å². The van der Waals surface area contributed by atoms with E-state index in [2.05, 4.69) is 56.1 Å². The molecule has 0 aliphatic carbocycles. The Balaban J connectivity index is 1.84. The SMILES string of the molecule is CC(C)(C)c1[nH]c2cc(-c3ccccc3)c(-c3ccccc3)c(C(=O)OCc3ccccc3)c2c1CO[SiH3]. The summed E-state index contributed by atoms with van der Waals surface area (Å²) < 4.78 is 11.8. The van der Waals surface area contributed by atoms with Gasteiger partial charge in [-0.1, -0.05) is 112 Å². The second-order valence-corrected chi connectivity index (χ2v) is 11.1. The van der Waals surface area contributed by atoms with Gasteiger partial charge in [-0.25, -0.2) is 4.79 Å². The Morgan fingerprint density at radius 3 is 1.97 bits per heavy atom. The first kappa shape index (κ1) is 25.7. The minimum atomic E-state index is -0.343. The van der Waals surface area contributed by atoms with Crippen LogP contribution in [0.4, 0.5) is 0 Å². The third-order valence-corrected chi connectivity index (χ3v) is 7.08. The number of nitrogens with one attached hydrogen (secondary N) is 1. The Morgan fingerprint density at radius 1 is 0.816 bits per heavy atom. The number of ether oxygens (including phenoxy) is 1. The van der Waals surface area contributed by atoms with E-state index in [0.717, 1.165) is 50.0 Å². The van der Waals surface area contributed by atoms with Crippen LogP contribution in [0.25, 0.3) is 33.2 Å². The van der Waals surface area contributed by atoms with Gasteiger partial charge in [0.25, 0.3) is 0 Å². The van der Waals surface area contributed by atoms with Crippen LogP contribution in [0.15, 0.2) is 97.1 Å². The first-order chi connectivity index (χ1) is 18.4. The summed E-state index contributed by atoms with van der Waals surface area (Å²) in [5, 5.41) is 0.877. The van der Waals surface area contributed by atoms with E-state index in [-0.39, 0.29) is 18.0 Å². The van der Waals surface area contributed by atoms with E-state index in [9.17, 15) is 4.79 Å². The Bertz CT molecular complexity index is 1550. The van der Waals surface area contributed by atoms with Crippen LogP contribution in [-0.4, -0.2) is 21.4 Å². The van der Waals surface area contributed by atoms with Crippen LogP contribution in [0.1, 0.15) is 48.0 Å². The normalized spacial score (nSPS) is 11.7. The van der Waals surface area contributed by atoms with Gasteiger partial charge in [0.2, 0.25) is 0 Å². The number of rotatable bonds is 7. The summed E-state index contributed by atoms with van der Waals surface area (Å²) in [4.78, 5) is 17.8. The highest BCUT2D eigenvalue weighted by Gasteiger charge is 2.30. The number of aromatic amines is 1. The van der Waals surface area contributed by atoms with Gasteiger partial charge in [-0.3, -0.25) is 0 Å². The maximum absolute atomic E-state index is 14.2. The predicted molar refractivity (Wildman–Crippen MR) is 158 cm³/mol. The smallest absolute Gasteiger partial charge is 0.339 e. The molecule has 0 aliphatic rings. The predicted octanol–water partition coefficient (Wildman–Crippen LogP) is 6.95. The third-order valence-electron chi connectivity index (χ3n) is 6.79. The molecule has 5 heteroatoms. The molecule has 0 saturated carbocycles. The van der Waals surface area contributed by atoms with Crippen molar-refractivity contribution in [2.24, 2.45) is 0 Å². The van der Waals surface area contributed by atoms with Crippen molar-refractivity contribution < 1.29 is 14.0 Å². The van der Waals surface area contributed by atoms with Crippen LogP contribution >= 0.6 is 0 Å². The summed E-state index contributed by atoms with van der Waals surface area (Å²) >= 11 is 0. The van der Waals surface area contributed by atoms with E-state index in [1.807, 2.05) is 66.7 Å². The monoisotopic (exact) mass is 519 g/mol. The molecule has 38 heavy (non-hydrogen) atoms. The van der Waals surface area contributed by atoms with Crippen LogP contribution in [0.2, 0.25) is 0 Å². The molecule has 0 spiro atoms. The summed E-state index contributed by atoms with van der Waals surface area (Å²) in [6.07, 6.45) is 0. The molecule has 1 aromatic heterocycles. The Labute approximate surface area is 227 Å². The van der Waals surface area contributed by atoms with Crippen LogP contribution in [0.3, 0.4) is 0 Å². The molecular weight excluding hydrogens is 486 g/mol. The molecule has 4 aromatic carbocycles. The van der Waals surface area contributed by atoms with Crippen LogP contribution in [-0.2, 0) is 27.8 Å². The van der Waals surface area contributed by atoms with Crippen molar-refractivity contribution in [3.8, 4) is 22.3 Å². The maximum Gasteiger partial charge on any atom is 0.339 e. The zero-order valence-corrected chi connectivity index (χ0v) is 24.4. The Hall–Kier alpha value is -3.93. The lowest BCUT2D eigenvalue weighted by molar-refractivity contribution is 0.0476. The molecule has 0 aliphatic heterocycles. The second kappa shape index (κ2) is 10.8. The van der Waals surface area contributed by atoms with Gasteiger partial charge < -0.3 is 14.1 Å². The van der Waals surface area contributed by atoms with Crippen molar-refractivity contribution >= 4 is 27.4 Å². The molecule has 0 radical (unpaired) electrons. The van der Waals surface area contributed by atoms with Gasteiger partial charge in [0.05, 0.1) is 12.2 Å². The summed E-state index contributed by atoms with van der Waals surface area (Å²) in [5.74, 6) is -0.343. The molecule has 5 aromatic rings. The Kier molecular flexibility index (Phi) is 7.32. The molecular formula is C33H33NO3Si. The lowest BCUT2D eigenvalue weighted by Gasteiger charge is -2.20. The third kappa shape index (κ3) is 5.08. The van der Waals surface area contributed by atoms with Gasteiger partial charge in [0.1, 0.15) is 17.1 Å². The number of aromatic nitrogens is 1. The van der Waals surface area contributed by atoms with Gasteiger partial charge >= 0.3 is 5.97 Å². The van der Waals surface area contributed by atoms with Crippen LogP contribution < -0.4 is 0 Å². The molecule has 4 nitrogen and oxygen atoms in total. The summed E-state index contributed by atoms with van der Waals surface area (Å²) in [6.45, 7) is 7.18. The van der Waals surface area contributed by atoms with Gasteiger partial charge in [0, 0.05) is 33.1 Å². The number of hydrogen-bond acceptors (Lipinski definition) is 3. The number of fused-ring (bicyclic) bond motifs is 1. The number of carbonyl (C=O) groups excluding carboxylic acids is 1. The quantitative estimate of drug-likeness (QED) is 0.187. The van der Waals surface area contributed by atoms with E-state index in [1.165, 1.54) is 0 Å². The van der Waals surface area contributed by atoms with Gasteiger partial charge in [-0.2, -0.15) is 0 Å². The summed E-state index contributed by atoms with van der Waals surface area (Å²) in [7, 11) is 0.597. The fourth-order valence-corrected chi connectivity index (χ4v) is 5.40. The first-order valence-corrected chi connectivity index (χ1v) is 13.7. The van der Waals surface area contributed by atoms with Crippen molar-refractivity contribution in [2.45, 2.75) is 39.4 Å². The highest BCUT2D eigenvalue weighted by atomic mass is 28.2. The molecule has 0 bridgehead atoms. The molecule has 0 saturated heterocycles. The lowest BCUT2D eigenvalue weighted by atomic mass is 9.85. The second-order valence-electron chi connectivity index (χ2n) is 10.6. The largest absolute Gasteiger partial charge is 0.457 e. The Morgan fingerprint density at radius 2 is 1.39 bits per heavy atom. The average molecular weight is 520 g/mol. The number of H-pyrrole nitrogens is 1. The van der Waals surface area contributed by atoms with E-state index in [4.69, 9.17) is 9.16 Å². The van der Waals surface area contributed by atoms with Crippen molar-refractivity contribution in [2.75, 3.05) is 0 Å². The van der Waals surface area contributed by atoms with Crippen molar-refractivity contribution in [1.29, 1.82) is 0 Å². The van der Waals surface area contributed by atoms with E-state index in [0.29, 0.717) is 22.7 Å². The minimum absolute atomic E-state index is 0.167. The summed E-state index contributed by atoms with van der Waals surface area (Å²) in [5.41, 5.74) is 8.22. The average Bonchev–Trinajstić information content (AvgIpc) is 3.31. The fraction of sp³-hybridized carbons (Fsp3) is 0.182. The van der Waals surface area contributed by atoms with Crippen LogP contribution in [0, 0.1) is 0 Å². The molecule has 0 fully saturated rings. The zero-order valence-electron chi connectivity index (χ0n) is 22.4. The molecule has 5 rings (SSSR count). The highest BCUT2D eigenvalue weighted by Crippen LogP contribution is 2.43. The first-order valence-electron chi connectivity index (χ1n) is 12.9. The lowest BCUT2D eigenvalue weighted by Crippen LogP contribution is -2.15. The molecule has 0 amide bonds.